The van der Waals surface area contributed by atoms with Crippen LogP contribution in [-0.2, 0) is 16.4 Å². The Morgan fingerprint density at radius 3 is 2.38 bits per heavy atom. The first-order valence-electron chi connectivity index (χ1n) is 6.62. The van der Waals surface area contributed by atoms with Gasteiger partial charge in [0.15, 0.2) is 0 Å². The van der Waals surface area contributed by atoms with E-state index in [1.165, 1.54) is 16.9 Å². The molecule has 0 atom stereocenters. The van der Waals surface area contributed by atoms with Crippen LogP contribution in [-0.4, -0.2) is 14.0 Å². The van der Waals surface area contributed by atoms with Crippen molar-refractivity contribution in [2.24, 2.45) is 0 Å². The highest BCUT2D eigenvalue weighted by molar-refractivity contribution is 9.11. The van der Waals surface area contributed by atoms with Crippen molar-refractivity contribution in [1.82, 2.24) is 4.72 Å². The number of benzene rings is 1. The summed E-state index contributed by atoms with van der Waals surface area (Å²) in [6.45, 7) is 3.83. The van der Waals surface area contributed by atoms with Crippen LogP contribution in [0.5, 0.6) is 0 Å². The molecule has 0 bridgehead atoms. The molecule has 0 saturated heterocycles. The zero-order valence-corrected chi connectivity index (χ0v) is 15.2. The van der Waals surface area contributed by atoms with Gasteiger partial charge < -0.3 is 0 Å². The highest BCUT2D eigenvalue weighted by atomic mass is 79.9. The summed E-state index contributed by atoms with van der Waals surface area (Å²) >= 11 is 4.51. The summed E-state index contributed by atoms with van der Waals surface area (Å²) in [6, 6.07) is 13.4. The largest absolute Gasteiger partial charge is 0.250 e. The van der Waals surface area contributed by atoms with Crippen LogP contribution in [0.25, 0.3) is 0 Å². The van der Waals surface area contributed by atoms with Crippen molar-refractivity contribution in [3.63, 3.8) is 0 Å². The summed E-state index contributed by atoms with van der Waals surface area (Å²) in [7, 11) is -3.46. The number of hydrogen-bond donors (Lipinski definition) is 1. The maximum absolute atomic E-state index is 12.4. The van der Waals surface area contributed by atoms with Gasteiger partial charge in [0.1, 0.15) is 4.21 Å². The predicted molar refractivity (Wildman–Crippen MR) is 91.2 cm³/mol. The normalized spacial score (nSPS) is 12.5. The fourth-order valence-corrected chi connectivity index (χ4v) is 5.46. The molecule has 1 heterocycles. The van der Waals surface area contributed by atoms with Crippen LogP contribution in [0.3, 0.4) is 0 Å². The van der Waals surface area contributed by atoms with Crippen molar-refractivity contribution in [1.29, 1.82) is 0 Å². The number of halogens is 1. The Bertz CT molecular complexity index is 693. The molecule has 0 aliphatic heterocycles. The number of hydrogen-bond acceptors (Lipinski definition) is 3. The van der Waals surface area contributed by atoms with Crippen LogP contribution in [0.4, 0.5) is 0 Å². The Morgan fingerprint density at radius 1 is 1.14 bits per heavy atom. The Kier molecular flexibility index (Phi) is 5.24. The van der Waals surface area contributed by atoms with Crippen LogP contribution >= 0.6 is 27.3 Å². The fourth-order valence-electron chi connectivity index (χ4n) is 2.01. The summed E-state index contributed by atoms with van der Waals surface area (Å²) in [6.07, 6.45) is 1.58. The molecule has 1 N–H and O–H groups in total. The molecule has 0 spiro atoms. The van der Waals surface area contributed by atoms with Gasteiger partial charge >= 0.3 is 0 Å². The number of aryl methyl sites for hydroxylation is 1. The average Bonchev–Trinajstić information content (AvgIpc) is 2.84. The number of sulfonamides is 1. The third-order valence-corrected chi connectivity index (χ3v) is 6.92. The van der Waals surface area contributed by atoms with Crippen molar-refractivity contribution >= 4 is 37.3 Å². The lowest BCUT2D eigenvalue weighted by Crippen LogP contribution is -2.43. The molecule has 2 aromatic rings. The lowest BCUT2D eigenvalue weighted by Gasteiger charge is -2.25. The number of nitrogens with one attached hydrogen (secondary N) is 1. The van der Waals surface area contributed by atoms with Gasteiger partial charge in [-0.15, -0.1) is 11.3 Å². The minimum atomic E-state index is -3.46. The van der Waals surface area contributed by atoms with E-state index in [0.29, 0.717) is 4.21 Å². The van der Waals surface area contributed by atoms with Gasteiger partial charge in [0.25, 0.3) is 10.0 Å². The molecular weight excluding hydrogens is 370 g/mol. The Hall–Kier alpha value is -0.690. The van der Waals surface area contributed by atoms with Crippen molar-refractivity contribution < 1.29 is 8.42 Å². The zero-order chi connectivity index (χ0) is 15.5. The second-order valence-electron chi connectivity index (χ2n) is 5.53. The van der Waals surface area contributed by atoms with Gasteiger partial charge in [-0.2, -0.15) is 0 Å². The van der Waals surface area contributed by atoms with E-state index in [4.69, 9.17) is 0 Å². The standard InChI is InChI=1S/C15H18BrNO2S2/c1-15(2,11-10-12-6-4-3-5-7-12)17-21(18,19)14-9-8-13(16)20-14/h3-9,17H,10-11H2,1-2H3. The van der Waals surface area contributed by atoms with Crippen LogP contribution in [0.2, 0.25) is 0 Å². The molecule has 1 aromatic carbocycles. The van der Waals surface area contributed by atoms with Crippen molar-refractivity contribution in [3.8, 4) is 0 Å². The maximum Gasteiger partial charge on any atom is 0.250 e. The van der Waals surface area contributed by atoms with E-state index >= 15 is 0 Å². The van der Waals surface area contributed by atoms with Crippen LogP contribution in [0, 0.1) is 0 Å². The van der Waals surface area contributed by atoms with E-state index in [-0.39, 0.29) is 0 Å². The second-order valence-corrected chi connectivity index (χ2v) is 9.91. The van der Waals surface area contributed by atoms with E-state index in [2.05, 4.69) is 32.8 Å². The van der Waals surface area contributed by atoms with Crippen LogP contribution < -0.4 is 4.72 Å². The highest BCUT2D eigenvalue weighted by Crippen LogP contribution is 2.27. The molecular formula is C15H18BrNO2S2. The van der Waals surface area contributed by atoms with Gasteiger partial charge in [-0.3, -0.25) is 0 Å². The first-order valence-corrected chi connectivity index (χ1v) is 9.71. The summed E-state index contributed by atoms with van der Waals surface area (Å²) < 4.78 is 28.6. The molecule has 3 nitrogen and oxygen atoms in total. The minimum Gasteiger partial charge on any atom is -0.206 e. The maximum atomic E-state index is 12.4. The quantitative estimate of drug-likeness (QED) is 0.806. The molecule has 2 rings (SSSR count). The van der Waals surface area contributed by atoms with Crippen molar-refractivity contribution in [2.75, 3.05) is 0 Å². The molecule has 0 amide bonds. The summed E-state index contributed by atoms with van der Waals surface area (Å²) in [4.78, 5) is 0. The van der Waals surface area contributed by atoms with E-state index in [9.17, 15) is 8.42 Å². The summed E-state index contributed by atoms with van der Waals surface area (Å²) in [5.41, 5.74) is 0.717. The minimum absolute atomic E-state index is 0.335. The molecule has 0 radical (unpaired) electrons. The van der Waals surface area contributed by atoms with Gasteiger partial charge in [0, 0.05) is 5.54 Å². The average molecular weight is 388 g/mol. The van der Waals surface area contributed by atoms with Gasteiger partial charge in [0.05, 0.1) is 3.79 Å². The highest BCUT2D eigenvalue weighted by Gasteiger charge is 2.27. The molecule has 21 heavy (non-hydrogen) atoms. The molecule has 6 heteroatoms. The Labute approximate surface area is 138 Å². The van der Waals surface area contributed by atoms with Crippen molar-refractivity contribution in [2.45, 2.75) is 36.4 Å². The smallest absolute Gasteiger partial charge is 0.206 e. The molecule has 0 aliphatic carbocycles. The van der Waals surface area contributed by atoms with Gasteiger partial charge in [-0.25, -0.2) is 13.1 Å². The Morgan fingerprint density at radius 2 is 1.81 bits per heavy atom. The molecule has 1 aromatic heterocycles. The lowest BCUT2D eigenvalue weighted by molar-refractivity contribution is 0.423. The SMILES string of the molecule is CC(C)(CCc1ccccc1)NS(=O)(=O)c1ccc(Br)s1. The first-order chi connectivity index (χ1) is 9.78. The molecule has 0 fully saturated rings. The first kappa shape index (κ1) is 16.7. The van der Waals surface area contributed by atoms with E-state index < -0.39 is 15.6 Å². The lowest BCUT2D eigenvalue weighted by atomic mass is 9.97. The zero-order valence-electron chi connectivity index (χ0n) is 12.0. The van der Waals surface area contributed by atoms with Gasteiger partial charge in [-0.1, -0.05) is 30.3 Å². The van der Waals surface area contributed by atoms with E-state index in [1.807, 2.05) is 32.0 Å². The fraction of sp³-hybridized carbons (Fsp3) is 0.333. The van der Waals surface area contributed by atoms with Gasteiger partial charge in [0.2, 0.25) is 0 Å². The molecule has 0 aliphatic rings. The van der Waals surface area contributed by atoms with Crippen LogP contribution in [0.1, 0.15) is 25.8 Å². The third-order valence-electron chi connectivity index (χ3n) is 3.11. The number of rotatable bonds is 6. The monoisotopic (exact) mass is 387 g/mol. The van der Waals surface area contributed by atoms with Gasteiger partial charge in [-0.05, 0) is 60.3 Å². The second kappa shape index (κ2) is 6.60. The Balaban J connectivity index is 2.03. The molecule has 114 valence electrons. The molecule has 0 unspecified atom stereocenters. The third kappa shape index (κ3) is 4.92. The summed E-state index contributed by atoms with van der Waals surface area (Å²) in [5, 5.41) is 0. The topological polar surface area (TPSA) is 46.2 Å². The van der Waals surface area contributed by atoms with E-state index in [1.54, 1.807) is 12.1 Å². The van der Waals surface area contributed by atoms with Crippen LogP contribution in [0.15, 0.2) is 50.5 Å². The molecule has 0 saturated carbocycles. The van der Waals surface area contributed by atoms with E-state index in [0.717, 1.165) is 16.6 Å². The predicted octanol–water partition coefficient (Wildman–Crippen LogP) is 4.20. The number of thiophene rings is 1. The van der Waals surface area contributed by atoms with Crippen molar-refractivity contribution in [3.05, 3.63) is 51.8 Å². The summed E-state index contributed by atoms with van der Waals surface area (Å²) in [5.74, 6) is 0.